The summed E-state index contributed by atoms with van der Waals surface area (Å²) in [7, 11) is 1.86. The number of aryl methyl sites for hydroxylation is 1. The van der Waals surface area contributed by atoms with Crippen LogP contribution >= 0.6 is 0 Å². The second-order valence-corrected chi connectivity index (χ2v) is 3.28. The molecule has 1 rings (SSSR count). The largest absolute Gasteiger partial charge is 0.377 e. The highest BCUT2D eigenvalue weighted by Gasteiger charge is 2.01. The predicted octanol–water partition coefficient (Wildman–Crippen LogP) is 0.330. The number of hydrogen-bond donors (Lipinski definition) is 1. The first kappa shape index (κ1) is 11.1. The van der Waals surface area contributed by atoms with E-state index in [2.05, 4.69) is 15.6 Å². The average Bonchev–Trinajstić information content (AvgIpc) is 2.52. The molecule has 0 spiro atoms. The lowest BCUT2D eigenvalue weighted by Gasteiger charge is -2.11. The quantitative estimate of drug-likeness (QED) is 0.715. The Morgan fingerprint density at radius 1 is 1.64 bits per heavy atom. The van der Waals surface area contributed by atoms with Gasteiger partial charge < -0.3 is 10.1 Å². The van der Waals surface area contributed by atoms with Gasteiger partial charge in [0.2, 0.25) is 0 Å². The van der Waals surface area contributed by atoms with Crippen molar-refractivity contribution in [3.63, 3.8) is 0 Å². The Bertz CT molecular complexity index is 261. The standard InChI is InChI=1S/C9H18N4O/c1-4-14-8(2)5-10-6-9-7-13(3)12-11-9/h7-8,10H,4-6H2,1-3H3. The van der Waals surface area contributed by atoms with E-state index < -0.39 is 0 Å². The van der Waals surface area contributed by atoms with Gasteiger partial charge in [-0.2, -0.15) is 0 Å². The zero-order chi connectivity index (χ0) is 10.4. The van der Waals surface area contributed by atoms with Crippen molar-refractivity contribution in [2.24, 2.45) is 7.05 Å². The SMILES string of the molecule is CCOC(C)CNCc1cn(C)nn1. The van der Waals surface area contributed by atoms with Gasteiger partial charge in [-0.3, -0.25) is 4.68 Å². The van der Waals surface area contributed by atoms with Crippen LogP contribution in [0.25, 0.3) is 0 Å². The van der Waals surface area contributed by atoms with E-state index in [4.69, 9.17) is 4.74 Å². The van der Waals surface area contributed by atoms with Crippen molar-refractivity contribution in [2.75, 3.05) is 13.2 Å². The minimum Gasteiger partial charge on any atom is -0.377 e. The molecule has 1 N–H and O–H groups in total. The summed E-state index contributed by atoms with van der Waals surface area (Å²) in [6, 6.07) is 0. The van der Waals surface area contributed by atoms with Crippen molar-refractivity contribution in [3.05, 3.63) is 11.9 Å². The van der Waals surface area contributed by atoms with Gasteiger partial charge in [-0.05, 0) is 13.8 Å². The average molecular weight is 198 g/mol. The van der Waals surface area contributed by atoms with Crippen molar-refractivity contribution in [3.8, 4) is 0 Å². The van der Waals surface area contributed by atoms with Crippen molar-refractivity contribution < 1.29 is 4.74 Å². The highest BCUT2D eigenvalue weighted by molar-refractivity contribution is 4.90. The van der Waals surface area contributed by atoms with E-state index in [1.165, 1.54) is 0 Å². The maximum absolute atomic E-state index is 5.38. The molecular formula is C9H18N4O. The lowest BCUT2D eigenvalue weighted by atomic mass is 10.4. The summed E-state index contributed by atoms with van der Waals surface area (Å²) in [5.74, 6) is 0. The molecule has 1 aromatic heterocycles. The molecule has 0 aliphatic heterocycles. The monoisotopic (exact) mass is 198 g/mol. The van der Waals surface area contributed by atoms with Gasteiger partial charge in [0.25, 0.3) is 0 Å². The molecule has 14 heavy (non-hydrogen) atoms. The molecule has 0 aromatic carbocycles. The Labute approximate surface area is 84.4 Å². The first-order valence-electron chi connectivity index (χ1n) is 4.90. The van der Waals surface area contributed by atoms with Gasteiger partial charge in [0.05, 0.1) is 11.8 Å². The summed E-state index contributed by atoms with van der Waals surface area (Å²) < 4.78 is 7.08. The van der Waals surface area contributed by atoms with Gasteiger partial charge in [0.15, 0.2) is 0 Å². The van der Waals surface area contributed by atoms with Crippen LogP contribution in [0.1, 0.15) is 19.5 Å². The fourth-order valence-electron chi connectivity index (χ4n) is 1.22. The van der Waals surface area contributed by atoms with Crippen LogP contribution in [0.2, 0.25) is 0 Å². The van der Waals surface area contributed by atoms with Crippen LogP contribution in [-0.4, -0.2) is 34.2 Å². The van der Waals surface area contributed by atoms with Crippen LogP contribution in [0.3, 0.4) is 0 Å². The molecule has 0 saturated carbocycles. The van der Waals surface area contributed by atoms with E-state index in [1.807, 2.05) is 27.1 Å². The molecule has 1 atom stereocenters. The summed E-state index contributed by atoms with van der Waals surface area (Å²) in [6.45, 7) is 6.38. The van der Waals surface area contributed by atoms with Crippen LogP contribution in [0.5, 0.6) is 0 Å². The summed E-state index contributed by atoms with van der Waals surface area (Å²) >= 11 is 0. The van der Waals surface area contributed by atoms with Crippen molar-refractivity contribution in [2.45, 2.75) is 26.5 Å². The fourth-order valence-corrected chi connectivity index (χ4v) is 1.22. The summed E-state index contributed by atoms with van der Waals surface area (Å²) in [5, 5.41) is 11.1. The summed E-state index contributed by atoms with van der Waals surface area (Å²) in [4.78, 5) is 0. The first-order valence-corrected chi connectivity index (χ1v) is 4.90. The van der Waals surface area contributed by atoms with E-state index in [0.717, 1.165) is 25.4 Å². The molecule has 1 aromatic rings. The number of nitrogens with one attached hydrogen (secondary N) is 1. The molecule has 0 saturated heterocycles. The zero-order valence-corrected chi connectivity index (χ0v) is 9.03. The number of aromatic nitrogens is 3. The van der Waals surface area contributed by atoms with E-state index in [9.17, 15) is 0 Å². The van der Waals surface area contributed by atoms with Gasteiger partial charge in [0, 0.05) is 32.9 Å². The lowest BCUT2D eigenvalue weighted by Crippen LogP contribution is -2.26. The lowest BCUT2D eigenvalue weighted by molar-refractivity contribution is 0.0759. The van der Waals surface area contributed by atoms with Gasteiger partial charge in [-0.1, -0.05) is 5.21 Å². The van der Waals surface area contributed by atoms with Gasteiger partial charge in [-0.25, -0.2) is 0 Å². The Kier molecular flexibility index (Phi) is 4.55. The topological polar surface area (TPSA) is 52.0 Å². The molecule has 0 bridgehead atoms. The summed E-state index contributed by atoms with van der Waals surface area (Å²) in [5.41, 5.74) is 0.955. The highest BCUT2D eigenvalue weighted by Crippen LogP contribution is 1.92. The van der Waals surface area contributed by atoms with Crippen LogP contribution in [-0.2, 0) is 18.3 Å². The third-order valence-corrected chi connectivity index (χ3v) is 1.84. The maximum Gasteiger partial charge on any atom is 0.0964 e. The molecule has 1 unspecified atom stereocenters. The van der Waals surface area contributed by atoms with Crippen LogP contribution < -0.4 is 5.32 Å². The Morgan fingerprint density at radius 3 is 3.00 bits per heavy atom. The van der Waals surface area contributed by atoms with E-state index >= 15 is 0 Å². The minimum absolute atomic E-state index is 0.247. The molecule has 0 amide bonds. The summed E-state index contributed by atoms with van der Waals surface area (Å²) in [6.07, 6.45) is 2.15. The van der Waals surface area contributed by atoms with Gasteiger partial charge in [-0.15, -0.1) is 5.10 Å². The Hall–Kier alpha value is -0.940. The van der Waals surface area contributed by atoms with Crippen LogP contribution in [0.4, 0.5) is 0 Å². The molecule has 1 heterocycles. The maximum atomic E-state index is 5.38. The molecule has 0 fully saturated rings. The molecule has 80 valence electrons. The smallest absolute Gasteiger partial charge is 0.0964 e. The zero-order valence-electron chi connectivity index (χ0n) is 9.03. The van der Waals surface area contributed by atoms with Gasteiger partial charge >= 0.3 is 0 Å². The third kappa shape index (κ3) is 3.85. The van der Waals surface area contributed by atoms with Crippen LogP contribution in [0.15, 0.2) is 6.20 Å². The van der Waals surface area contributed by atoms with Gasteiger partial charge in [0.1, 0.15) is 0 Å². The minimum atomic E-state index is 0.247. The number of rotatable bonds is 6. The van der Waals surface area contributed by atoms with Crippen molar-refractivity contribution in [1.82, 2.24) is 20.3 Å². The van der Waals surface area contributed by atoms with Crippen LogP contribution in [0, 0.1) is 0 Å². The predicted molar refractivity (Wildman–Crippen MR) is 53.8 cm³/mol. The molecule has 5 nitrogen and oxygen atoms in total. The Balaban J connectivity index is 2.15. The van der Waals surface area contributed by atoms with E-state index in [1.54, 1.807) is 4.68 Å². The molecular weight excluding hydrogens is 180 g/mol. The molecule has 0 aliphatic rings. The first-order chi connectivity index (χ1) is 6.72. The highest BCUT2D eigenvalue weighted by atomic mass is 16.5. The number of ether oxygens (including phenoxy) is 1. The van der Waals surface area contributed by atoms with E-state index in [-0.39, 0.29) is 6.10 Å². The number of hydrogen-bond acceptors (Lipinski definition) is 4. The van der Waals surface area contributed by atoms with Crippen molar-refractivity contribution in [1.29, 1.82) is 0 Å². The second kappa shape index (κ2) is 5.72. The normalized spacial score (nSPS) is 13.1. The number of nitrogens with zero attached hydrogens (tertiary/aromatic N) is 3. The van der Waals surface area contributed by atoms with E-state index in [0.29, 0.717) is 0 Å². The molecule has 5 heteroatoms. The molecule has 0 aliphatic carbocycles. The fraction of sp³-hybridized carbons (Fsp3) is 0.778. The second-order valence-electron chi connectivity index (χ2n) is 3.28. The Morgan fingerprint density at radius 2 is 2.43 bits per heavy atom. The molecule has 0 radical (unpaired) electrons. The third-order valence-electron chi connectivity index (χ3n) is 1.84. The van der Waals surface area contributed by atoms with Crippen molar-refractivity contribution >= 4 is 0 Å².